The zero-order chi connectivity index (χ0) is 12.0. The highest BCUT2D eigenvalue weighted by atomic mass is 79.9. The van der Waals surface area contributed by atoms with E-state index in [1.54, 1.807) is 0 Å². The summed E-state index contributed by atoms with van der Waals surface area (Å²) in [7, 11) is 0. The molecule has 0 aliphatic carbocycles. The average molecular weight is 293 g/mol. The summed E-state index contributed by atoms with van der Waals surface area (Å²) in [5, 5.41) is 0. The number of aromatic nitrogens is 3. The molecular formula is C11H9BrN4O. The highest BCUT2D eigenvalue weighted by Crippen LogP contribution is 2.28. The lowest BCUT2D eigenvalue weighted by atomic mass is 10.3. The Morgan fingerprint density at radius 3 is 2.94 bits per heavy atom. The van der Waals surface area contributed by atoms with Gasteiger partial charge in [-0.2, -0.15) is 0 Å². The summed E-state index contributed by atoms with van der Waals surface area (Å²) >= 11 is 3.39. The Morgan fingerprint density at radius 2 is 2.24 bits per heavy atom. The standard InChI is InChI=1S/C11H9BrN4O/c1-5-10(17-4-14-5)11-15-8-3-6(12)2-7(13)9(8)16-11/h2-4H,13H2,1H3,(H,15,16). The van der Waals surface area contributed by atoms with Gasteiger partial charge in [0.2, 0.25) is 0 Å². The number of nitrogens with zero attached hydrogens (tertiary/aromatic N) is 2. The molecule has 0 bridgehead atoms. The Hall–Kier alpha value is -1.82. The first kappa shape index (κ1) is 10.3. The maximum atomic E-state index is 5.90. The van der Waals surface area contributed by atoms with Crippen molar-refractivity contribution in [2.75, 3.05) is 5.73 Å². The fourth-order valence-corrected chi connectivity index (χ4v) is 2.22. The number of H-pyrrole nitrogens is 1. The maximum Gasteiger partial charge on any atom is 0.192 e. The molecule has 3 rings (SSSR count). The maximum absolute atomic E-state index is 5.90. The molecule has 6 heteroatoms. The summed E-state index contributed by atoms with van der Waals surface area (Å²) in [6.07, 6.45) is 1.40. The topological polar surface area (TPSA) is 80.7 Å². The molecule has 17 heavy (non-hydrogen) atoms. The molecule has 0 aliphatic heterocycles. The van der Waals surface area contributed by atoms with Gasteiger partial charge in [-0.25, -0.2) is 9.97 Å². The Labute approximate surface area is 105 Å². The molecule has 0 saturated carbocycles. The number of benzene rings is 1. The molecule has 3 N–H and O–H groups in total. The summed E-state index contributed by atoms with van der Waals surface area (Å²) in [6, 6.07) is 3.74. The molecule has 5 nitrogen and oxygen atoms in total. The second-order valence-electron chi connectivity index (χ2n) is 3.74. The first-order valence-electron chi connectivity index (χ1n) is 5.00. The lowest BCUT2D eigenvalue weighted by molar-refractivity contribution is 0.567. The fourth-order valence-electron chi connectivity index (χ4n) is 1.74. The predicted octanol–water partition coefficient (Wildman–Crippen LogP) is 2.87. The van der Waals surface area contributed by atoms with E-state index in [0.717, 1.165) is 21.2 Å². The van der Waals surface area contributed by atoms with Crippen LogP contribution in [0, 0.1) is 6.92 Å². The molecule has 3 aromatic rings. The van der Waals surface area contributed by atoms with Gasteiger partial charge in [0.15, 0.2) is 18.0 Å². The van der Waals surface area contributed by atoms with Crippen LogP contribution in [0.5, 0.6) is 0 Å². The number of nitrogens with one attached hydrogen (secondary N) is 1. The number of oxazole rings is 1. The van der Waals surface area contributed by atoms with Gasteiger partial charge < -0.3 is 15.1 Å². The van der Waals surface area contributed by atoms with Gasteiger partial charge in [0, 0.05) is 4.47 Å². The van der Waals surface area contributed by atoms with E-state index in [1.807, 2.05) is 19.1 Å². The second-order valence-corrected chi connectivity index (χ2v) is 4.66. The van der Waals surface area contributed by atoms with Gasteiger partial charge in [0.05, 0.1) is 16.9 Å². The third-order valence-electron chi connectivity index (χ3n) is 2.54. The minimum atomic E-state index is 0.619. The Morgan fingerprint density at radius 1 is 1.41 bits per heavy atom. The molecule has 86 valence electrons. The van der Waals surface area contributed by atoms with Crippen LogP contribution in [0.4, 0.5) is 5.69 Å². The van der Waals surface area contributed by atoms with Crippen LogP contribution < -0.4 is 5.73 Å². The number of hydrogen-bond acceptors (Lipinski definition) is 4. The van der Waals surface area contributed by atoms with E-state index in [2.05, 4.69) is 30.9 Å². The van der Waals surface area contributed by atoms with Crippen molar-refractivity contribution in [2.24, 2.45) is 0 Å². The normalized spacial score (nSPS) is 11.2. The number of rotatable bonds is 1. The second kappa shape index (κ2) is 3.59. The van der Waals surface area contributed by atoms with E-state index >= 15 is 0 Å². The van der Waals surface area contributed by atoms with E-state index in [9.17, 15) is 0 Å². The summed E-state index contributed by atoms with van der Waals surface area (Å²) in [5.41, 5.74) is 8.91. The fraction of sp³-hybridized carbons (Fsp3) is 0.0909. The molecule has 0 aliphatic rings. The zero-order valence-electron chi connectivity index (χ0n) is 8.99. The van der Waals surface area contributed by atoms with Crippen molar-refractivity contribution >= 4 is 32.7 Å². The Balaban J connectivity index is 2.27. The molecule has 0 fully saturated rings. The van der Waals surface area contributed by atoms with E-state index in [4.69, 9.17) is 10.2 Å². The number of aromatic amines is 1. The average Bonchev–Trinajstić information content (AvgIpc) is 2.83. The SMILES string of the molecule is Cc1ncoc1-c1nc2c(N)cc(Br)cc2[nH]1. The number of aryl methyl sites for hydroxylation is 1. The first-order valence-corrected chi connectivity index (χ1v) is 5.79. The van der Waals surface area contributed by atoms with E-state index in [0.29, 0.717) is 17.3 Å². The number of nitrogen functional groups attached to an aromatic ring is 1. The molecule has 2 heterocycles. The number of anilines is 1. The van der Waals surface area contributed by atoms with E-state index in [1.165, 1.54) is 6.39 Å². The van der Waals surface area contributed by atoms with Gasteiger partial charge in [0.25, 0.3) is 0 Å². The highest BCUT2D eigenvalue weighted by molar-refractivity contribution is 9.10. The van der Waals surface area contributed by atoms with Gasteiger partial charge in [-0.3, -0.25) is 0 Å². The van der Waals surface area contributed by atoms with Crippen LogP contribution in [0.25, 0.3) is 22.6 Å². The van der Waals surface area contributed by atoms with Crippen molar-refractivity contribution in [1.82, 2.24) is 15.0 Å². The van der Waals surface area contributed by atoms with Crippen LogP contribution in [0.15, 0.2) is 27.4 Å². The van der Waals surface area contributed by atoms with Gasteiger partial charge in [0.1, 0.15) is 5.52 Å². The molecule has 2 aromatic heterocycles. The third kappa shape index (κ3) is 1.61. The van der Waals surface area contributed by atoms with Crippen molar-refractivity contribution in [3.8, 4) is 11.6 Å². The highest BCUT2D eigenvalue weighted by Gasteiger charge is 2.13. The number of hydrogen-bond donors (Lipinski definition) is 2. The van der Waals surface area contributed by atoms with Crippen molar-refractivity contribution in [3.05, 3.63) is 28.7 Å². The van der Waals surface area contributed by atoms with Crippen LogP contribution in [0.1, 0.15) is 5.69 Å². The molecule has 0 spiro atoms. The van der Waals surface area contributed by atoms with Crippen molar-refractivity contribution in [3.63, 3.8) is 0 Å². The van der Waals surface area contributed by atoms with Crippen LogP contribution in [-0.4, -0.2) is 15.0 Å². The molecule has 0 amide bonds. The van der Waals surface area contributed by atoms with E-state index in [-0.39, 0.29) is 0 Å². The quantitative estimate of drug-likeness (QED) is 0.676. The predicted molar refractivity (Wildman–Crippen MR) is 68.4 cm³/mol. The van der Waals surface area contributed by atoms with Crippen LogP contribution in [0.3, 0.4) is 0 Å². The van der Waals surface area contributed by atoms with Gasteiger partial charge >= 0.3 is 0 Å². The lowest BCUT2D eigenvalue weighted by Crippen LogP contribution is -1.86. The molecule has 0 unspecified atom stereocenters. The Kier molecular flexibility index (Phi) is 2.19. The van der Waals surface area contributed by atoms with Crippen LogP contribution in [-0.2, 0) is 0 Å². The van der Waals surface area contributed by atoms with Crippen LogP contribution in [0.2, 0.25) is 0 Å². The molecular weight excluding hydrogens is 284 g/mol. The molecule has 0 saturated heterocycles. The molecule has 0 atom stereocenters. The first-order chi connectivity index (χ1) is 8.15. The Bertz CT molecular complexity index is 701. The summed E-state index contributed by atoms with van der Waals surface area (Å²) in [5.74, 6) is 1.27. The largest absolute Gasteiger partial charge is 0.440 e. The van der Waals surface area contributed by atoms with Crippen molar-refractivity contribution in [1.29, 1.82) is 0 Å². The minimum Gasteiger partial charge on any atom is -0.440 e. The summed E-state index contributed by atoms with van der Waals surface area (Å²) < 4.78 is 6.20. The smallest absolute Gasteiger partial charge is 0.192 e. The molecule has 1 aromatic carbocycles. The van der Waals surface area contributed by atoms with Gasteiger partial charge in [-0.15, -0.1) is 0 Å². The zero-order valence-corrected chi connectivity index (χ0v) is 10.6. The van der Waals surface area contributed by atoms with Crippen molar-refractivity contribution < 1.29 is 4.42 Å². The minimum absolute atomic E-state index is 0.619. The van der Waals surface area contributed by atoms with Crippen LogP contribution >= 0.6 is 15.9 Å². The monoisotopic (exact) mass is 292 g/mol. The number of halogens is 1. The van der Waals surface area contributed by atoms with Gasteiger partial charge in [-0.1, -0.05) is 15.9 Å². The van der Waals surface area contributed by atoms with E-state index < -0.39 is 0 Å². The lowest BCUT2D eigenvalue weighted by Gasteiger charge is -1.94. The molecule has 0 radical (unpaired) electrons. The van der Waals surface area contributed by atoms with Crippen molar-refractivity contribution in [2.45, 2.75) is 6.92 Å². The summed E-state index contributed by atoms with van der Waals surface area (Å²) in [4.78, 5) is 11.6. The third-order valence-corrected chi connectivity index (χ3v) is 3.00. The summed E-state index contributed by atoms with van der Waals surface area (Å²) in [6.45, 7) is 1.87. The number of nitrogens with two attached hydrogens (primary N) is 1. The number of fused-ring (bicyclic) bond motifs is 1. The van der Waals surface area contributed by atoms with Gasteiger partial charge in [-0.05, 0) is 19.1 Å². The number of imidazole rings is 1.